The zero-order valence-corrected chi connectivity index (χ0v) is 15.7. The van der Waals surface area contributed by atoms with Crippen molar-refractivity contribution in [1.82, 2.24) is 15.4 Å². The van der Waals surface area contributed by atoms with Gasteiger partial charge in [-0.15, -0.1) is 0 Å². The molecule has 0 fully saturated rings. The average Bonchev–Trinajstić information content (AvgIpc) is 2.42. The Bertz CT molecular complexity index is 650. The lowest BCUT2D eigenvalue weighted by Gasteiger charge is -2.19. The quantitative estimate of drug-likeness (QED) is 0.384. The summed E-state index contributed by atoms with van der Waals surface area (Å²) in [6.07, 6.45) is 1.12. The number of hydrogen-bond acceptors (Lipinski definition) is 3. The Labute approximate surface area is 147 Å². The van der Waals surface area contributed by atoms with Crippen LogP contribution in [0.4, 0.5) is 0 Å². The van der Waals surface area contributed by atoms with Gasteiger partial charge < -0.3 is 10.6 Å². The summed E-state index contributed by atoms with van der Waals surface area (Å²) >= 11 is 12.1. The molecule has 0 aromatic heterocycles. The Morgan fingerprint density at radius 2 is 2.04 bits per heavy atom. The maximum atomic E-state index is 11.0. The van der Waals surface area contributed by atoms with Crippen LogP contribution >= 0.6 is 23.2 Å². The lowest BCUT2D eigenvalue weighted by atomic mass is 10.1. The number of nitrogens with one attached hydrogen (secondary N) is 3. The van der Waals surface area contributed by atoms with Crippen molar-refractivity contribution in [3.8, 4) is 0 Å². The molecule has 0 aliphatic carbocycles. The molecule has 130 valence electrons. The second-order valence-corrected chi connectivity index (χ2v) is 7.64. The van der Waals surface area contributed by atoms with Crippen LogP contribution in [0.15, 0.2) is 23.2 Å². The van der Waals surface area contributed by atoms with Crippen LogP contribution in [0.5, 0.6) is 0 Å². The summed E-state index contributed by atoms with van der Waals surface area (Å²) in [4.78, 5) is 4.33. The van der Waals surface area contributed by atoms with Crippen LogP contribution in [0.25, 0.3) is 0 Å². The predicted octanol–water partition coefficient (Wildman–Crippen LogP) is 2.16. The van der Waals surface area contributed by atoms with Gasteiger partial charge in [-0.2, -0.15) is 0 Å². The number of hydrogen-bond donors (Lipinski definition) is 3. The Morgan fingerprint density at radius 3 is 2.61 bits per heavy atom. The van der Waals surface area contributed by atoms with Gasteiger partial charge in [-0.3, -0.25) is 4.99 Å². The minimum Gasteiger partial charge on any atom is -0.357 e. The van der Waals surface area contributed by atoms with Crippen molar-refractivity contribution in [2.24, 2.45) is 4.99 Å². The minimum atomic E-state index is -3.20. The number of nitrogens with zero attached hydrogens (tertiary/aromatic N) is 1. The summed E-state index contributed by atoms with van der Waals surface area (Å²) in [5, 5.41) is 7.49. The van der Waals surface area contributed by atoms with Crippen LogP contribution in [-0.4, -0.2) is 40.3 Å². The summed E-state index contributed by atoms with van der Waals surface area (Å²) < 4.78 is 24.4. The van der Waals surface area contributed by atoms with E-state index in [4.69, 9.17) is 23.2 Å². The third-order valence-electron chi connectivity index (χ3n) is 2.87. The molecular weight excluding hydrogens is 359 g/mol. The third-order valence-corrected chi connectivity index (χ3v) is 4.16. The summed E-state index contributed by atoms with van der Waals surface area (Å²) in [6, 6.07) is 5.25. The first-order chi connectivity index (χ1) is 10.7. The molecule has 0 heterocycles. The number of halogens is 2. The lowest BCUT2D eigenvalue weighted by molar-refractivity contribution is 0.588. The van der Waals surface area contributed by atoms with E-state index in [-0.39, 0.29) is 12.6 Å². The maximum Gasteiger partial charge on any atom is 0.208 e. The summed E-state index contributed by atoms with van der Waals surface area (Å²) in [5.41, 5.74) is 0.899. The Kier molecular flexibility index (Phi) is 8.11. The fraction of sp³-hybridized carbons (Fsp3) is 0.500. The van der Waals surface area contributed by atoms with Gasteiger partial charge in [0.05, 0.1) is 18.8 Å². The molecule has 0 bridgehead atoms. The molecule has 23 heavy (non-hydrogen) atoms. The van der Waals surface area contributed by atoms with Crippen LogP contribution < -0.4 is 15.4 Å². The van der Waals surface area contributed by atoms with Gasteiger partial charge in [-0.1, -0.05) is 29.3 Å². The molecular formula is C14H22Cl2N4O2S. The first-order valence-electron chi connectivity index (χ1n) is 7.17. The van der Waals surface area contributed by atoms with Gasteiger partial charge in [0.2, 0.25) is 10.0 Å². The largest absolute Gasteiger partial charge is 0.357 e. The van der Waals surface area contributed by atoms with E-state index in [9.17, 15) is 8.42 Å². The van der Waals surface area contributed by atoms with Gasteiger partial charge in [-0.25, -0.2) is 13.1 Å². The number of rotatable bonds is 7. The molecule has 3 N–H and O–H groups in total. The zero-order chi connectivity index (χ0) is 17.5. The lowest BCUT2D eigenvalue weighted by Crippen LogP contribution is -2.39. The van der Waals surface area contributed by atoms with Gasteiger partial charge in [-0.05, 0) is 31.5 Å². The van der Waals surface area contributed by atoms with Crippen molar-refractivity contribution in [2.75, 3.05) is 25.9 Å². The Balaban J connectivity index is 2.70. The van der Waals surface area contributed by atoms with E-state index in [1.807, 2.05) is 19.9 Å². The molecule has 0 aliphatic rings. The first-order valence-corrected chi connectivity index (χ1v) is 9.82. The maximum absolute atomic E-state index is 11.0. The fourth-order valence-electron chi connectivity index (χ4n) is 1.85. The van der Waals surface area contributed by atoms with Gasteiger partial charge in [0.25, 0.3) is 0 Å². The van der Waals surface area contributed by atoms with E-state index in [0.29, 0.717) is 29.1 Å². The third kappa shape index (κ3) is 7.87. The van der Waals surface area contributed by atoms with Crippen molar-refractivity contribution < 1.29 is 8.42 Å². The second-order valence-electron chi connectivity index (χ2n) is 4.96. The van der Waals surface area contributed by atoms with E-state index >= 15 is 0 Å². The molecule has 1 rings (SSSR count). The minimum absolute atomic E-state index is 0.0829. The monoisotopic (exact) mass is 380 g/mol. The fourth-order valence-corrected chi connectivity index (χ4v) is 2.89. The van der Waals surface area contributed by atoms with E-state index in [2.05, 4.69) is 20.3 Å². The summed E-state index contributed by atoms with van der Waals surface area (Å²) in [5.74, 6) is 0.585. The van der Waals surface area contributed by atoms with Gasteiger partial charge >= 0.3 is 0 Å². The number of sulfonamides is 1. The molecule has 9 heteroatoms. The molecule has 0 amide bonds. The standard InChI is InChI=1S/C14H22Cl2N4O2S/c1-4-17-14(18-7-8-19-23(3,21)22)20-10(2)12-6-5-11(15)9-13(12)16/h5-6,9-10,19H,4,7-8H2,1-3H3,(H2,17,18,20). The molecule has 1 aromatic carbocycles. The highest BCUT2D eigenvalue weighted by Gasteiger charge is 2.11. The van der Waals surface area contributed by atoms with Crippen LogP contribution in [-0.2, 0) is 10.0 Å². The SMILES string of the molecule is CCNC(=NCCNS(C)(=O)=O)NC(C)c1ccc(Cl)cc1Cl. The van der Waals surface area contributed by atoms with Crippen molar-refractivity contribution in [3.63, 3.8) is 0 Å². The Hall–Kier alpha value is -1.02. The topological polar surface area (TPSA) is 82.6 Å². The van der Waals surface area contributed by atoms with E-state index in [1.165, 1.54) is 0 Å². The van der Waals surface area contributed by atoms with Crippen LogP contribution in [0.1, 0.15) is 25.5 Å². The summed E-state index contributed by atoms with van der Waals surface area (Å²) in [7, 11) is -3.20. The van der Waals surface area contributed by atoms with Crippen molar-refractivity contribution in [2.45, 2.75) is 19.9 Å². The Morgan fingerprint density at radius 1 is 1.35 bits per heavy atom. The molecule has 0 radical (unpaired) electrons. The molecule has 1 atom stereocenters. The van der Waals surface area contributed by atoms with Gasteiger partial charge in [0.15, 0.2) is 5.96 Å². The zero-order valence-electron chi connectivity index (χ0n) is 13.4. The second kappa shape index (κ2) is 9.32. The highest BCUT2D eigenvalue weighted by atomic mass is 35.5. The van der Waals surface area contributed by atoms with Crippen LogP contribution in [0, 0.1) is 0 Å². The summed E-state index contributed by atoms with van der Waals surface area (Å²) in [6.45, 7) is 5.16. The highest BCUT2D eigenvalue weighted by molar-refractivity contribution is 7.88. The normalized spacial score (nSPS) is 13.7. The molecule has 1 unspecified atom stereocenters. The first kappa shape index (κ1) is 20.0. The average molecular weight is 381 g/mol. The smallest absolute Gasteiger partial charge is 0.208 e. The van der Waals surface area contributed by atoms with E-state index in [0.717, 1.165) is 11.8 Å². The van der Waals surface area contributed by atoms with Gasteiger partial charge in [0, 0.05) is 23.1 Å². The molecule has 0 aliphatic heterocycles. The number of benzene rings is 1. The van der Waals surface area contributed by atoms with Crippen molar-refractivity contribution >= 4 is 39.2 Å². The van der Waals surface area contributed by atoms with Crippen molar-refractivity contribution in [3.05, 3.63) is 33.8 Å². The molecule has 0 saturated heterocycles. The predicted molar refractivity (Wildman–Crippen MR) is 96.8 cm³/mol. The van der Waals surface area contributed by atoms with E-state index in [1.54, 1.807) is 12.1 Å². The number of guanidine groups is 1. The molecule has 0 spiro atoms. The highest BCUT2D eigenvalue weighted by Crippen LogP contribution is 2.25. The van der Waals surface area contributed by atoms with E-state index < -0.39 is 10.0 Å². The van der Waals surface area contributed by atoms with Gasteiger partial charge in [0.1, 0.15) is 0 Å². The van der Waals surface area contributed by atoms with Crippen LogP contribution in [0.3, 0.4) is 0 Å². The van der Waals surface area contributed by atoms with Crippen molar-refractivity contribution in [1.29, 1.82) is 0 Å². The number of aliphatic imine (C=N–C) groups is 1. The molecule has 6 nitrogen and oxygen atoms in total. The molecule has 1 aromatic rings. The molecule has 0 saturated carbocycles. The van der Waals surface area contributed by atoms with Crippen LogP contribution in [0.2, 0.25) is 10.0 Å².